The minimum absolute atomic E-state index is 0.388. The van der Waals surface area contributed by atoms with E-state index in [9.17, 15) is 0 Å². The molecule has 0 amide bonds. The third-order valence-corrected chi connectivity index (χ3v) is 4.28. The summed E-state index contributed by atoms with van der Waals surface area (Å²) in [5, 5.41) is 4.14. The summed E-state index contributed by atoms with van der Waals surface area (Å²) in [6.45, 7) is 0.388. The summed E-state index contributed by atoms with van der Waals surface area (Å²) >= 11 is 0. The number of para-hydroxylation sites is 1. The highest BCUT2D eigenvalue weighted by atomic mass is 16.5. The fourth-order valence-electron chi connectivity index (χ4n) is 2.68. The van der Waals surface area contributed by atoms with Gasteiger partial charge in [0.25, 0.3) is 0 Å². The van der Waals surface area contributed by atoms with Gasteiger partial charge in [-0.1, -0.05) is 29.8 Å². The van der Waals surface area contributed by atoms with Crippen molar-refractivity contribution in [1.82, 2.24) is 5.16 Å². The molecule has 1 aliphatic carbocycles. The highest BCUT2D eigenvalue weighted by Gasteiger charge is 2.23. The highest BCUT2D eigenvalue weighted by molar-refractivity contribution is 5.35. The number of rotatable bonds is 6. The van der Waals surface area contributed by atoms with Gasteiger partial charge >= 0.3 is 0 Å². The molecule has 0 bridgehead atoms. The number of aromatic nitrogens is 1. The summed E-state index contributed by atoms with van der Waals surface area (Å²) in [5.74, 6) is 3.72. The first kappa shape index (κ1) is 14.8. The van der Waals surface area contributed by atoms with Gasteiger partial charge in [-0.05, 0) is 49.2 Å². The smallest absolute Gasteiger partial charge is 0.174 e. The quantitative estimate of drug-likeness (QED) is 0.617. The van der Waals surface area contributed by atoms with Crippen molar-refractivity contribution in [2.24, 2.45) is 0 Å². The number of ether oxygens (including phenoxy) is 2. The lowest BCUT2D eigenvalue weighted by molar-refractivity contribution is 0.246. The van der Waals surface area contributed by atoms with Gasteiger partial charge in [0.2, 0.25) is 0 Å². The second kappa shape index (κ2) is 6.79. The molecule has 0 aliphatic heterocycles. The van der Waals surface area contributed by atoms with E-state index in [0.29, 0.717) is 12.5 Å². The van der Waals surface area contributed by atoms with Crippen molar-refractivity contribution in [2.75, 3.05) is 0 Å². The van der Waals surface area contributed by atoms with Gasteiger partial charge in [0.05, 0.1) is 5.69 Å². The molecule has 1 aliphatic rings. The second-order valence-corrected chi connectivity index (χ2v) is 6.02. The van der Waals surface area contributed by atoms with E-state index in [-0.39, 0.29) is 0 Å². The third-order valence-electron chi connectivity index (χ3n) is 4.28. The van der Waals surface area contributed by atoms with E-state index in [1.54, 1.807) is 0 Å². The van der Waals surface area contributed by atoms with Crippen LogP contribution in [0.15, 0.2) is 65.2 Å². The van der Waals surface area contributed by atoms with E-state index in [0.717, 1.165) is 28.7 Å². The lowest BCUT2D eigenvalue weighted by Gasteiger charge is -2.22. The largest absolute Gasteiger partial charge is 0.486 e. The maximum Gasteiger partial charge on any atom is 0.174 e. The lowest BCUT2D eigenvalue weighted by atomic mass is 9.83. The zero-order valence-corrected chi connectivity index (χ0v) is 13.4. The Hall–Kier alpha value is -2.75. The van der Waals surface area contributed by atoms with Crippen molar-refractivity contribution in [2.45, 2.75) is 31.8 Å². The lowest BCUT2D eigenvalue weighted by Crippen LogP contribution is -2.08. The summed E-state index contributed by atoms with van der Waals surface area (Å²) in [6.07, 6.45) is 3.73. The molecule has 4 heteroatoms. The Morgan fingerprint density at radius 3 is 2.33 bits per heavy atom. The van der Waals surface area contributed by atoms with Crippen LogP contribution in [0.25, 0.3) is 0 Å². The van der Waals surface area contributed by atoms with Crippen molar-refractivity contribution in [3.63, 3.8) is 0 Å². The number of hydrogen-bond donors (Lipinski definition) is 0. The van der Waals surface area contributed by atoms with Crippen LogP contribution in [0.1, 0.15) is 36.6 Å². The Morgan fingerprint density at radius 1 is 0.917 bits per heavy atom. The van der Waals surface area contributed by atoms with Crippen LogP contribution < -0.4 is 9.47 Å². The minimum Gasteiger partial charge on any atom is -0.486 e. The van der Waals surface area contributed by atoms with Gasteiger partial charge in [-0.3, -0.25) is 0 Å². The van der Waals surface area contributed by atoms with Gasteiger partial charge in [0.1, 0.15) is 23.9 Å². The fraction of sp³-hybridized carbons (Fsp3) is 0.250. The Morgan fingerprint density at radius 2 is 1.62 bits per heavy atom. The van der Waals surface area contributed by atoms with Crippen LogP contribution in [-0.4, -0.2) is 5.16 Å². The summed E-state index contributed by atoms with van der Waals surface area (Å²) in [6, 6.07) is 19.3. The topological polar surface area (TPSA) is 44.5 Å². The molecule has 0 radical (unpaired) electrons. The van der Waals surface area contributed by atoms with Crippen LogP contribution in [-0.2, 0) is 6.61 Å². The molecule has 4 rings (SSSR count). The molecule has 0 spiro atoms. The zero-order valence-electron chi connectivity index (χ0n) is 13.4. The molecule has 1 heterocycles. The van der Waals surface area contributed by atoms with Gasteiger partial charge in [-0.2, -0.15) is 0 Å². The predicted octanol–water partition coefficient (Wildman–Crippen LogP) is 5.31. The molecule has 3 aromatic rings. The standard InChI is InChI=1S/C20H19NO3/c1-2-7-17(8-3-1)23-18-11-9-16(10-12-18)22-14-19-13-20(21-24-19)15-5-4-6-15/h1-3,7-13,15H,4-6,14H2. The van der Waals surface area contributed by atoms with E-state index < -0.39 is 0 Å². The van der Waals surface area contributed by atoms with Gasteiger partial charge in [0, 0.05) is 12.0 Å². The Kier molecular flexibility index (Phi) is 4.19. The molecule has 0 N–H and O–H groups in total. The van der Waals surface area contributed by atoms with Crippen LogP contribution in [0.3, 0.4) is 0 Å². The van der Waals surface area contributed by atoms with E-state index >= 15 is 0 Å². The molecule has 1 saturated carbocycles. The molecule has 0 unspecified atom stereocenters. The van der Waals surface area contributed by atoms with Crippen molar-refractivity contribution < 1.29 is 14.0 Å². The second-order valence-electron chi connectivity index (χ2n) is 6.02. The normalized spacial score (nSPS) is 14.2. The average Bonchev–Trinajstić information content (AvgIpc) is 3.02. The van der Waals surface area contributed by atoms with Gasteiger partial charge < -0.3 is 14.0 Å². The predicted molar refractivity (Wildman–Crippen MR) is 90.4 cm³/mol. The fourth-order valence-corrected chi connectivity index (χ4v) is 2.68. The Labute approximate surface area is 141 Å². The zero-order chi connectivity index (χ0) is 16.2. The molecule has 2 aromatic carbocycles. The van der Waals surface area contributed by atoms with Crippen molar-refractivity contribution in [3.05, 3.63) is 72.1 Å². The van der Waals surface area contributed by atoms with Gasteiger partial charge in [-0.15, -0.1) is 0 Å². The summed E-state index contributed by atoms with van der Waals surface area (Å²) < 4.78 is 16.9. The molecule has 1 fully saturated rings. The van der Waals surface area contributed by atoms with E-state index in [4.69, 9.17) is 14.0 Å². The maximum atomic E-state index is 5.76. The molecule has 122 valence electrons. The number of hydrogen-bond acceptors (Lipinski definition) is 4. The monoisotopic (exact) mass is 321 g/mol. The molecule has 24 heavy (non-hydrogen) atoms. The van der Waals surface area contributed by atoms with E-state index in [2.05, 4.69) is 5.16 Å². The van der Waals surface area contributed by atoms with Crippen LogP contribution in [0.5, 0.6) is 17.2 Å². The van der Waals surface area contributed by atoms with E-state index in [1.807, 2.05) is 60.7 Å². The molecular formula is C20H19NO3. The molecule has 0 atom stereocenters. The molecule has 1 aromatic heterocycles. The Balaban J connectivity index is 1.32. The SMILES string of the molecule is c1ccc(Oc2ccc(OCc3cc(C4CCC4)no3)cc2)cc1. The summed E-state index contributed by atoms with van der Waals surface area (Å²) in [4.78, 5) is 0. The molecule has 0 saturated heterocycles. The highest BCUT2D eigenvalue weighted by Crippen LogP contribution is 2.35. The van der Waals surface area contributed by atoms with Crippen LogP contribution in [0.2, 0.25) is 0 Å². The van der Waals surface area contributed by atoms with Crippen LogP contribution in [0.4, 0.5) is 0 Å². The van der Waals surface area contributed by atoms with Crippen molar-refractivity contribution >= 4 is 0 Å². The number of benzene rings is 2. The number of nitrogens with zero attached hydrogens (tertiary/aromatic N) is 1. The third kappa shape index (κ3) is 3.43. The minimum atomic E-state index is 0.388. The first-order valence-electron chi connectivity index (χ1n) is 8.28. The first-order chi connectivity index (χ1) is 11.9. The Bertz CT molecular complexity index is 776. The molecule has 4 nitrogen and oxygen atoms in total. The maximum absolute atomic E-state index is 5.76. The summed E-state index contributed by atoms with van der Waals surface area (Å²) in [5.41, 5.74) is 1.06. The van der Waals surface area contributed by atoms with Crippen LogP contribution >= 0.6 is 0 Å². The van der Waals surface area contributed by atoms with Gasteiger partial charge in [-0.25, -0.2) is 0 Å². The molecular weight excluding hydrogens is 302 g/mol. The van der Waals surface area contributed by atoms with Crippen molar-refractivity contribution in [3.8, 4) is 17.2 Å². The first-order valence-corrected chi connectivity index (χ1v) is 8.28. The summed E-state index contributed by atoms with van der Waals surface area (Å²) in [7, 11) is 0. The average molecular weight is 321 g/mol. The van der Waals surface area contributed by atoms with Crippen molar-refractivity contribution in [1.29, 1.82) is 0 Å². The van der Waals surface area contributed by atoms with Crippen LogP contribution in [0, 0.1) is 0 Å². The van der Waals surface area contributed by atoms with E-state index in [1.165, 1.54) is 19.3 Å². The van der Waals surface area contributed by atoms with Gasteiger partial charge in [0.15, 0.2) is 5.76 Å².